The quantitative estimate of drug-likeness (QED) is 0.791. The predicted molar refractivity (Wildman–Crippen MR) is 95.6 cm³/mol. The summed E-state index contributed by atoms with van der Waals surface area (Å²) in [4.78, 5) is 24.1. The van der Waals surface area contributed by atoms with Crippen molar-refractivity contribution < 1.29 is 19.1 Å². The van der Waals surface area contributed by atoms with Crippen LogP contribution in [-0.4, -0.2) is 32.6 Å². The molecular formula is C19H22N2O4. The Hall–Kier alpha value is -2.86. The Balaban J connectivity index is 1.97. The van der Waals surface area contributed by atoms with Crippen molar-refractivity contribution in [2.24, 2.45) is 0 Å². The van der Waals surface area contributed by atoms with Crippen molar-refractivity contribution in [2.75, 3.05) is 26.1 Å². The van der Waals surface area contributed by atoms with E-state index in [1.807, 2.05) is 31.2 Å². The van der Waals surface area contributed by atoms with E-state index in [4.69, 9.17) is 9.47 Å². The Morgan fingerprint density at radius 2 is 1.68 bits per heavy atom. The molecule has 6 nitrogen and oxygen atoms in total. The number of para-hydroxylation sites is 2. The van der Waals surface area contributed by atoms with Crippen LogP contribution in [0.5, 0.6) is 5.75 Å². The van der Waals surface area contributed by atoms with Gasteiger partial charge in [0, 0.05) is 13.7 Å². The zero-order valence-corrected chi connectivity index (χ0v) is 14.5. The number of hydrogen-bond acceptors (Lipinski definition) is 4. The summed E-state index contributed by atoms with van der Waals surface area (Å²) >= 11 is 0. The Kier molecular flexibility index (Phi) is 6.54. The molecule has 0 spiro atoms. The van der Waals surface area contributed by atoms with Crippen LogP contribution in [0.1, 0.15) is 17.2 Å². The van der Waals surface area contributed by atoms with Gasteiger partial charge in [0.25, 0.3) is 0 Å². The molecule has 0 aliphatic carbocycles. The molecular weight excluding hydrogens is 320 g/mol. The smallest absolute Gasteiger partial charge is 0.313 e. The number of methoxy groups -OCH3 is 2. The van der Waals surface area contributed by atoms with Gasteiger partial charge in [-0.15, -0.1) is 0 Å². The maximum absolute atomic E-state index is 12.1. The number of carbonyl (C=O) groups excluding carboxylic acids is 2. The molecule has 2 aromatic carbocycles. The summed E-state index contributed by atoms with van der Waals surface area (Å²) in [6, 6.07) is 14.6. The summed E-state index contributed by atoms with van der Waals surface area (Å²) in [6.45, 7) is 2.16. The summed E-state index contributed by atoms with van der Waals surface area (Å²) in [5, 5.41) is 5.14. The number of aryl methyl sites for hydroxylation is 1. The van der Waals surface area contributed by atoms with E-state index in [9.17, 15) is 9.59 Å². The maximum atomic E-state index is 12.1. The van der Waals surface area contributed by atoms with Crippen molar-refractivity contribution in [2.45, 2.75) is 13.0 Å². The fourth-order valence-electron chi connectivity index (χ4n) is 2.46. The highest BCUT2D eigenvalue weighted by Crippen LogP contribution is 2.23. The minimum absolute atomic E-state index is 0.194. The molecule has 0 radical (unpaired) electrons. The zero-order valence-electron chi connectivity index (χ0n) is 14.5. The molecule has 2 rings (SSSR count). The lowest BCUT2D eigenvalue weighted by Crippen LogP contribution is -2.38. The molecule has 25 heavy (non-hydrogen) atoms. The van der Waals surface area contributed by atoms with Crippen molar-refractivity contribution in [1.29, 1.82) is 0 Å². The van der Waals surface area contributed by atoms with Gasteiger partial charge in [-0.3, -0.25) is 9.59 Å². The van der Waals surface area contributed by atoms with Crippen LogP contribution in [0.2, 0.25) is 0 Å². The Morgan fingerprint density at radius 3 is 2.36 bits per heavy atom. The first-order valence-electron chi connectivity index (χ1n) is 7.87. The van der Waals surface area contributed by atoms with Gasteiger partial charge in [0.1, 0.15) is 5.75 Å². The molecule has 1 unspecified atom stereocenters. The van der Waals surface area contributed by atoms with Gasteiger partial charge in [0.05, 0.1) is 18.9 Å². The van der Waals surface area contributed by atoms with Crippen LogP contribution in [-0.2, 0) is 14.3 Å². The molecule has 2 amide bonds. The standard InChI is InChI=1S/C19H22N2O4/c1-13-8-4-5-9-14(13)17(25-3)12-20-18(22)19(23)21-15-10-6-7-11-16(15)24-2/h4-11,17H,12H2,1-3H3,(H,20,22)(H,21,23). The van der Waals surface area contributed by atoms with Crippen LogP contribution in [0.4, 0.5) is 5.69 Å². The van der Waals surface area contributed by atoms with E-state index in [0.717, 1.165) is 11.1 Å². The molecule has 1 atom stereocenters. The van der Waals surface area contributed by atoms with Gasteiger partial charge >= 0.3 is 11.8 Å². The Morgan fingerprint density at radius 1 is 1.00 bits per heavy atom. The Labute approximate surface area is 147 Å². The molecule has 0 aliphatic heterocycles. The van der Waals surface area contributed by atoms with Crippen LogP contribution in [0, 0.1) is 6.92 Å². The first kappa shape index (κ1) is 18.5. The third-order valence-corrected chi connectivity index (χ3v) is 3.83. The highest BCUT2D eigenvalue weighted by atomic mass is 16.5. The molecule has 132 valence electrons. The molecule has 2 aromatic rings. The van der Waals surface area contributed by atoms with Gasteiger partial charge in [-0.25, -0.2) is 0 Å². The van der Waals surface area contributed by atoms with Gasteiger partial charge in [-0.05, 0) is 30.2 Å². The molecule has 0 bridgehead atoms. The number of nitrogens with one attached hydrogen (secondary N) is 2. The summed E-state index contributed by atoms with van der Waals surface area (Å²) in [5.74, 6) is -1.01. The topological polar surface area (TPSA) is 76.7 Å². The average Bonchev–Trinajstić information content (AvgIpc) is 2.63. The van der Waals surface area contributed by atoms with Crippen LogP contribution in [0.15, 0.2) is 48.5 Å². The lowest BCUT2D eigenvalue weighted by molar-refractivity contribution is -0.136. The normalized spacial score (nSPS) is 11.5. The van der Waals surface area contributed by atoms with Gasteiger partial charge < -0.3 is 20.1 Å². The lowest BCUT2D eigenvalue weighted by Gasteiger charge is -2.18. The molecule has 0 aliphatic rings. The number of carbonyl (C=O) groups is 2. The minimum Gasteiger partial charge on any atom is -0.495 e. The largest absolute Gasteiger partial charge is 0.495 e. The first-order valence-corrected chi connectivity index (χ1v) is 7.87. The average molecular weight is 342 g/mol. The second kappa shape index (κ2) is 8.84. The van der Waals surface area contributed by atoms with Gasteiger partial charge in [-0.2, -0.15) is 0 Å². The van der Waals surface area contributed by atoms with Crippen molar-refractivity contribution in [3.05, 3.63) is 59.7 Å². The number of amides is 2. The van der Waals surface area contributed by atoms with Gasteiger partial charge in [-0.1, -0.05) is 36.4 Å². The van der Waals surface area contributed by atoms with E-state index in [1.165, 1.54) is 7.11 Å². The van der Waals surface area contributed by atoms with Crippen LogP contribution < -0.4 is 15.4 Å². The van der Waals surface area contributed by atoms with E-state index in [-0.39, 0.29) is 12.6 Å². The zero-order chi connectivity index (χ0) is 18.2. The summed E-state index contributed by atoms with van der Waals surface area (Å²) in [7, 11) is 3.06. The number of anilines is 1. The molecule has 6 heteroatoms. The fraction of sp³-hybridized carbons (Fsp3) is 0.263. The molecule has 0 heterocycles. The van der Waals surface area contributed by atoms with Crippen molar-refractivity contribution in [3.8, 4) is 5.75 Å². The number of hydrogen-bond donors (Lipinski definition) is 2. The van der Waals surface area contributed by atoms with Crippen molar-refractivity contribution in [1.82, 2.24) is 5.32 Å². The number of benzene rings is 2. The van der Waals surface area contributed by atoms with E-state index < -0.39 is 11.8 Å². The summed E-state index contributed by atoms with van der Waals surface area (Å²) < 4.78 is 10.6. The van der Waals surface area contributed by atoms with Crippen molar-refractivity contribution in [3.63, 3.8) is 0 Å². The van der Waals surface area contributed by atoms with Gasteiger partial charge in [0.15, 0.2) is 0 Å². The monoisotopic (exact) mass is 342 g/mol. The third-order valence-electron chi connectivity index (χ3n) is 3.83. The van der Waals surface area contributed by atoms with Crippen LogP contribution in [0.25, 0.3) is 0 Å². The van der Waals surface area contributed by atoms with E-state index in [2.05, 4.69) is 10.6 Å². The molecule has 0 saturated heterocycles. The predicted octanol–water partition coefficient (Wildman–Crippen LogP) is 2.45. The molecule has 2 N–H and O–H groups in total. The van der Waals surface area contributed by atoms with Crippen LogP contribution in [0.3, 0.4) is 0 Å². The van der Waals surface area contributed by atoms with Crippen LogP contribution >= 0.6 is 0 Å². The highest BCUT2D eigenvalue weighted by molar-refractivity contribution is 6.39. The van der Waals surface area contributed by atoms with E-state index >= 15 is 0 Å². The Bertz CT molecular complexity index is 746. The third kappa shape index (κ3) is 4.81. The highest BCUT2D eigenvalue weighted by Gasteiger charge is 2.19. The van der Waals surface area contributed by atoms with E-state index in [0.29, 0.717) is 11.4 Å². The van der Waals surface area contributed by atoms with Crippen molar-refractivity contribution >= 4 is 17.5 Å². The second-order valence-electron chi connectivity index (χ2n) is 5.45. The fourth-order valence-corrected chi connectivity index (χ4v) is 2.46. The second-order valence-corrected chi connectivity index (χ2v) is 5.45. The summed E-state index contributed by atoms with van der Waals surface area (Å²) in [6.07, 6.45) is -0.329. The SMILES string of the molecule is COc1ccccc1NC(=O)C(=O)NCC(OC)c1ccccc1C. The summed E-state index contributed by atoms with van der Waals surface area (Å²) in [5.41, 5.74) is 2.46. The molecule has 0 fully saturated rings. The van der Waals surface area contributed by atoms with Gasteiger partial charge in [0.2, 0.25) is 0 Å². The first-order chi connectivity index (χ1) is 12.1. The minimum atomic E-state index is -0.760. The number of rotatable bonds is 6. The van der Waals surface area contributed by atoms with E-state index in [1.54, 1.807) is 31.4 Å². The molecule has 0 aromatic heterocycles. The molecule has 0 saturated carbocycles. The number of ether oxygens (including phenoxy) is 2. The lowest BCUT2D eigenvalue weighted by atomic mass is 10.0. The maximum Gasteiger partial charge on any atom is 0.313 e.